The van der Waals surface area contributed by atoms with E-state index in [4.69, 9.17) is 0 Å². The van der Waals surface area contributed by atoms with E-state index in [-0.39, 0.29) is 10.8 Å². The summed E-state index contributed by atoms with van der Waals surface area (Å²) in [7, 11) is -2.03. The minimum atomic E-state index is -3.65. The second-order valence-corrected chi connectivity index (χ2v) is 11.2. The van der Waals surface area contributed by atoms with Gasteiger partial charge >= 0.3 is 6.03 Å². The van der Waals surface area contributed by atoms with Gasteiger partial charge in [0.1, 0.15) is 12.1 Å². The van der Waals surface area contributed by atoms with Crippen LogP contribution in [0, 0.1) is 0 Å². The zero-order chi connectivity index (χ0) is 23.6. The van der Waals surface area contributed by atoms with Gasteiger partial charge in [-0.2, -0.15) is 4.31 Å². The van der Waals surface area contributed by atoms with Crippen LogP contribution < -0.4 is 5.32 Å². The van der Waals surface area contributed by atoms with Gasteiger partial charge in [-0.05, 0) is 43.9 Å². The van der Waals surface area contributed by atoms with Crippen molar-refractivity contribution in [2.75, 3.05) is 32.0 Å². The molecule has 3 fully saturated rings. The van der Waals surface area contributed by atoms with Crippen LogP contribution >= 0.6 is 0 Å². The van der Waals surface area contributed by atoms with Crippen molar-refractivity contribution >= 4 is 33.6 Å². The SMILES string of the molecule is CN1C(=O)N(CC(=O)Nc2cccc(S(=O)(=O)N3CCCCCC3)c2)C(=O)C12CCCCC2. The van der Waals surface area contributed by atoms with Crippen LogP contribution in [0.2, 0.25) is 0 Å². The molecule has 2 heterocycles. The lowest BCUT2D eigenvalue weighted by Gasteiger charge is -2.35. The molecule has 4 amide bonds. The fraction of sp³-hybridized carbons (Fsp3) is 0.609. The highest BCUT2D eigenvalue weighted by Gasteiger charge is 2.55. The molecule has 1 saturated carbocycles. The quantitative estimate of drug-likeness (QED) is 0.658. The Morgan fingerprint density at radius 1 is 1.00 bits per heavy atom. The van der Waals surface area contributed by atoms with Crippen molar-refractivity contribution in [2.24, 2.45) is 0 Å². The highest BCUT2D eigenvalue weighted by molar-refractivity contribution is 7.89. The molecule has 9 nitrogen and oxygen atoms in total. The number of imide groups is 1. The Labute approximate surface area is 195 Å². The molecule has 0 aromatic heterocycles. The number of hydrogen-bond donors (Lipinski definition) is 1. The van der Waals surface area contributed by atoms with Gasteiger partial charge in [-0.1, -0.05) is 38.2 Å². The van der Waals surface area contributed by atoms with Gasteiger partial charge < -0.3 is 10.2 Å². The molecule has 33 heavy (non-hydrogen) atoms. The third-order valence-electron chi connectivity index (χ3n) is 7.11. The number of anilines is 1. The number of carbonyl (C=O) groups excluding carboxylic acids is 3. The summed E-state index contributed by atoms with van der Waals surface area (Å²) in [4.78, 5) is 41.1. The van der Waals surface area contributed by atoms with Gasteiger partial charge in [0.15, 0.2) is 0 Å². The van der Waals surface area contributed by atoms with Crippen molar-refractivity contribution in [3.63, 3.8) is 0 Å². The predicted molar refractivity (Wildman–Crippen MR) is 123 cm³/mol. The Kier molecular flexibility index (Phi) is 6.76. The summed E-state index contributed by atoms with van der Waals surface area (Å²) in [5, 5.41) is 2.66. The van der Waals surface area contributed by atoms with Gasteiger partial charge in [0, 0.05) is 25.8 Å². The van der Waals surface area contributed by atoms with Crippen LogP contribution in [-0.2, 0) is 19.6 Å². The first-order valence-electron chi connectivity index (χ1n) is 11.8. The fourth-order valence-corrected chi connectivity index (χ4v) is 6.74. The Hall–Kier alpha value is -2.46. The summed E-state index contributed by atoms with van der Waals surface area (Å²) in [6.45, 7) is 0.591. The van der Waals surface area contributed by atoms with E-state index >= 15 is 0 Å². The van der Waals surface area contributed by atoms with E-state index in [1.54, 1.807) is 19.2 Å². The van der Waals surface area contributed by atoms with E-state index in [1.807, 2.05) is 0 Å². The Balaban J connectivity index is 1.45. The molecule has 1 aliphatic carbocycles. The molecule has 2 saturated heterocycles. The van der Waals surface area contributed by atoms with Gasteiger partial charge in [-0.25, -0.2) is 13.2 Å². The van der Waals surface area contributed by atoms with Gasteiger partial charge in [0.05, 0.1) is 4.90 Å². The lowest BCUT2D eigenvalue weighted by Crippen LogP contribution is -2.49. The monoisotopic (exact) mass is 476 g/mol. The van der Waals surface area contributed by atoms with E-state index in [9.17, 15) is 22.8 Å². The molecule has 3 aliphatic rings. The molecule has 0 radical (unpaired) electrons. The molecule has 10 heteroatoms. The molecule has 2 aliphatic heterocycles. The lowest BCUT2D eigenvalue weighted by atomic mass is 9.81. The minimum absolute atomic E-state index is 0.122. The predicted octanol–water partition coefficient (Wildman–Crippen LogP) is 2.79. The molecular weight excluding hydrogens is 444 g/mol. The van der Waals surface area contributed by atoms with Crippen molar-refractivity contribution in [2.45, 2.75) is 68.2 Å². The van der Waals surface area contributed by atoms with Crippen molar-refractivity contribution in [1.29, 1.82) is 0 Å². The maximum atomic E-state index is 13.1. The first kappa shape index (κ1) is 23.7. The van der Waals surface area contributed by atoms with Crippen LogP contribution in [0.4, 0.5) is 10.5 Å². The molecule has 1 aromatic rings. The van der Waals surface area contributed by atoms with Crippen molar-refractivity contribution in [3.8, 4) is 0 Å². The fourth-order valence-electron chi connectivity index (χ4n) is 5.18. The molecule has 1 N–H and O–H groups in total. The van der Waals surface area contributed by atoms with Crippen LogP contribution in [0.1, 0.15) is 57.8 Å². The molecule has 180 valence electrons. The summed E-state index contributed by atoms with van der Waals surface area (Å²) < 4.78 is 27.6. The zero-order valence-electron chi connectivity index (χ0n) is 19.1. The molecule has 1 aromatic carbocycles. The number of rotatable bonds is 5. The summed E-state index contributed by atoms with van der Waals surface area (Å²) in [5.41, 5.74) is -0.521. The third-order valence-corrected chi connectivity index (χ3v) is 9.00. The smallest absolute Gasteiger partial charge is 0.324 e. The number of urea groups is 1. The number of likely N-dealkylation sites (N-methyl/N-ethyl adjacent to an activating group) is 1. The van der Waals surface area contributed by atoms with Crippen LogP contribution in [-0.4, -0.2) is 72.6 Å². The number of nitrogens with zero attached hydrogens (tertiary/aromatic N) is 3. The van der Waals surface area contributed by atoms with E-state index in [0.717, 1.165) is 49.8 Å². The summed E-state index contributed by atoms with van der Waals surface area (Å²) >= 11 is 0. The van der Waals surface area contributed by atoms with Gasteiger partial charge in [-0.15, -0.1) is 0 Å². The van der Waals surface area contributed by atoms with Crippen LogP contribution in [0.25, 0.3) is 0 Å². The molecule has 0 atom stereocenters. The second-order valence-electron chi connectivity index (χ2n) is 9.22. The second kappa shape index (κ2) is 9.42. The van der Waals surface area contributed by atoms with E-state index < -0.39 is 34.0 Å². The van der Waals surface area contributed by atoms with Gasteiger partial charge in [-0.3, -0.25) is 14.5 Å². The van der Waals surface area contributed by atoms with Crippen molar-refractivity contribution in [1.82, 2.24) is 14.1 Å². The average Bonchev–Trinajstić information content (AvgIpc) is 3.05. The van der Waals surface area contributed by atoms with Crippen LogP contribution in [0.3, 0.4) is 0 Å². The number of nitrogens with one attached hydrogen (secondary N) is 1. The third kappa shape index (κ3) is 4.50. The number of sulfonamides is 1. The molecule has 0 unspecified atom stereocenters. The summed E-state index contributed by atoms with van der Waals surface area (Å²) in [6.07, 6.45) is 7.73. The molecular formula is C23H32N4O5S. The Bertz CT molecular complexity index is 1030. The number of hydrogen-bond acceptors (Lipinski definition) is 5. The minimum Gasteiger partial charge on any atom is -0.324 e. The van der Waals surface area contributed by atoms with E-state index in [2.05, 4.69) is 5.32 Å². The first-order chi connectivity index (χ1) is 15.8. The Morgan fingerprint density at radius 3 is 2.30 bits per heavy atom. The Morgan fingerprint density at radius 2 is 1.64 bits per heavy atom. The maximum absolute atomic E-state index is 13.1. The topological polar surface area (TPSA) is 107 Å². The standard InChI is InChI=1S/C23H32N4O5S/c1-25-22(30)27(21(29)23(25)12-5-4-6-13-23)17-20(28)24-18-10-9-11-19(16-18)33(31,32)26-14-7-2-3-8-15-26/h9-11,16H,2-8,12-15,17H2,1H3,(H,24,28). The van der Waals surface area contributed by atoms with Crippen molar-refractivity contribution in [3.05, 3.63) is 24.3 Å². The normalized spacial score (nSPS) is 22.0. The highest BCUT2D eigenvalue weighted by Crippen LogP contribution is 2.39. The molecule has 4 rings (SSSR count). The van der Waals surface area contributed by atoms with Crippen LogP contribution in [0.5, 0.6) is 0 Å². The van der Waals surface area contributed by atoms with Crippen LogP contribution in [0.15, 0.2) is 29.2 Å². The van der Waals surface area contributed by atoms with Gasteiger partial charge in [0.25, 0.3) is 5.91 Å². The largest absolute Gasteiger partial charge is 0.327 e. The summed E-state index contributed by atoms with van der Waals surface area (Å²) in [5.74, 6) is -0.857. The number of carbonyl (C=O) groups is 3. The zero-order valence-corrected chi connectivity index (χ0v) is 19.9. The lowest BCUT2D eigenvalue weighted by molar-refractivity contribution is -0.136. The average molecular weight is 477 g/mol. The van der Waals surface area contributed by atoms with Crippen molar-refractivity contribution < 1.29 is 22.8 Å². The molecule has 1 spiro atoms. The van der Waals surface area contributed by atoms with Gasteiger partial charge in [0.2, 0.25) is 15.9 Å². The summed E-state index contributed by atoms with van der Waals surface area (Å²) in [6, 6.07) is 5.67. The first-order valence-corrected chi connectivity index (χ1v) is 13.2. The maximum Gasteiger partial charge on any atom is 0.327 e. The number of benzene rings is 1. The van der Waals surface area contributed by atoms with E-state index in [1.165, 1.54) is 21.3 Å². The number of amides is 4. The molecule has 0 bridgehead atoms. The highest BCUT2D eigenvalue weighted by atomic mass is 32.2. The van der Waals surface area contributed by atoms with E-state index in [0.29, 0.717) is 31.6 Å².